The van der Waals surface area contributed by atoms with E-state index in [-0.39, 0.29) is 6.04 Å². The second-order valence-electron chi connectivity index (χ2n) is 4.01. The Balaban J connectivity index is 2.01. The van der Waals surface area contributed by atoms with Crippen molar-refractivity contribution in [2.24, 2.45) is 5.73 Å². The Morgan fingerprint density at radius 2 is 1.94 bits per heavy atom. The highest BCUT2D eigenvalue weighted by Gasteiger charge is 2.19. The summed E-state index contributed by atoms with van der Waals surface area (Å²) < 4.78 is 12.1. The van der Waals surface area contributed by atoms with E-state index in [0.29, 0.717) is 13.2 Å². The summed E-state index contributed by atoms with van der Waals surface area (Å²) >= 11 is 5.20. The number of nitrogens with two attached hydrogens (primary N) is 1. The third-order valence-electron chi connectivity index (χ3n) is 2.85. The maximum absolute atomic E-state index is 6.28. The maximum atomic E-state index is 6.28. The highest BCUT2D eigenvalue weighted by Crippen LogP contribution is 2.39. The molecule has 0 amide bonds. The number of benzene rings is 1. The molecule has 0 aliphatic carbocycles. The monoisotopic (exact) mass is 325 g/mol. The first-order chi connectivity index (χ1) is 8.75. The van der Waals surface area contributed by atoms with Crippen molar-refractivity contribution in [3.63, 3.8) is 0 Å². The van der Waals surface area contributed by atoms with Crippen LogP contribution in [0.5, 0.6) is 11.5 Å². The van der Waals surface area contributed by atoms with Crippen molar-refractivity contribution in [1.82, 2.24) is 0 Å². The van der Waals surface area contributed by atoms with Crippen molar-refractivity contribution in [3.8, 4) is 11.5 Å². The Kier molecular flexibility index (Phi) is 3.28. The van der Waals surface area contributed by atoms with Crippen LogP contribution < -0.4 is 15.2 Å². The molecule has 0 radical (unpaired) electrons. The maximum Gasteiger partial charge on any atom is 0.162 e. The first-order valence-electron chi connectivity index (χ1n) is 5.64. The van der Waals surface area contributed by atoms with Crippen LogP contribution in [-0.2, 0) is 0 Å². The minimum atomic E-state index is -0.143. The molecule has 94 valence electrons. The molecule has 0 spiro atoms. The molecule has 1 atom stereocenters. The van der Waals surface area contributed by atoms with Crippen LogP contribution in [0.2, 0.25) is 0 Å². The molecule has 5 heteroatoms. The lowest BCUT2D eigenvalue weighted by atomic mass is 10.1. The van der Waals surface area contributed by atoms with Crippen LogP contribution in [0.4, 0.5) is 0 Å². The minimum absolute atomic E-state index is 0.143. The number of fused-ring (bicyclic) bond motifs is 1. The van der Waals surface area contributed by atoms with Gasteiger partial charge in [-0.05, 0) is 29.1 Å². The molecule has 1 aromatic carbocycles. The average molecular weight is 326 g/mol. The zero-order valence-electron chi connectivity index (χ0n) is 9.56. The Morgan fingerprint density at radius 1 is 1.22 bits per heavy atom. The van der Waals surface area contributed by atoms with Gasteiger partial charge in [0.25, 0.3) is 0 Å². The molecule has 1 aromatic heterocycles. The number of halogens is 1. The largest absolute Gasteiger partial charge is 0.486 e. The van der Waals surface area contributed by atoms with Gasteiger partial charge in [0.05, 0.1) is 6.04 Å². The number of ether oxygens (including phenoxy) is 2. The standard InChI is InChI=1S/C13H12BrNO2S/c14-9-7-11-10(16-3-4-17-11)6-8(9)13(15)12-2-1-5-18-12/h1-2,5-7,13H,3-4,15H2. The van der Waals surface area contributed by atoms with E-state index in [1.165, 1.54) is 0 Å². The van der Waals surface area contributed by atoms with E-state index in [9.17, 15) is 0 Å². The SMILES string of the molecule is NC(c1cccs1)c1cc2c(cc1Br)OCCO2. The molecule has 3 nitrogen and oxygen atoms in total. The van der Waals surface area contributed by atoms with Gasteiger partial charge in [0.15, 0.2) is 11.5 Å². The second-order valence-corrected chi connectivity index (χ2v) is 5.84. The summed E-state index contributed by atoms with van der Waals surface area (Å²) in [5, 5.41) is 2.03. The molecule has 0 saturated carbocycles. The highest BCUT2D eigenvalue weighted by molar-refractivity contribution is 9.10. The molecule has 18 heavy (non-hydrogen) atoms. The Hall–Kier alpha value is -1.04. The van der Waals surface area contributed by atoms with Gasteiger partial charge in [-0.2, -0.15) is 0 Å². The molecule has 0 fully saturated rings. The predicted molar refractivity (Wildman–Crippen MR) is 75.5 cm³/mol. The Bertz CT molecular complexity index is 556. The molecular weight excluding hydrogens is 314 g/mol. The molecule has 0 bridgehead atoms. The van der Waals surface area contributed by atoms with E-state index >= 15 is 0 Å². The van der Waals surface area contributed by atoms with Crippen LogP contribution in [0.15, 0.2) is 34.1 Å². The average Bonchev–Trinajstić information content (AvgIpc) is 2.91. The lowest BCUT2D eigenvalue weighted by Gasteiger charge is -2.21. The lowest BCUT2D eigenvalue weighted by Crippen LogP contribution is -2.17. The van der Waals surface area contributed by atoms with Crippen molar-refractivity contribution < 1.29 is 9.47 Å². The molecule has 3 rings (SSSR count). The van der Waals surface area contributed by atoms with E-state index in [2.05, 4.69) is 15.9 Å². The molecule has 2 N–H and O–H groups in total. The summed E-state index contributed by atoms with van der Waals surface area (Å²) in [6, 6.07) is 7.79. The van der Waals surface area contributed by atoms with Crippen molar-refractivity contribution in [2.45, 2.75) is 6.04 Å². The molecular formula is C13H12BrNO2S. The van der Waals surface area contributed by atoms with Gasteiger partial charge in [0, 0.05) is 9.35 Å². The fourth-order valence-electron chi connectivity index (χ4n) is 1.94. The summed E-state index contributed by atoms with van der Waals surface area (Å²) in [5.74, 6) is 1.54. The zero-order chi connectivity index (χ0) is 12.5. The van der Waals surface area contributed by atoms with Gasteiger partial charge in [-0.25, -0.2) is 0 Å². The highest BCUT2D eigenvalue weighted by atomic mass is 79.9. The van der Waals surface area contributed by atoms with Gasteiger partial charge in [0.2, 0.25) is 0 Å². The summed E-state index contributed by atoms with van der Waals surface area (Å²) in [7, 11) is 0. The molecule has 1 unspecified atom stereocenters. The van der Waals surface area contributed by atoms with E-state index < -0.39 is 0 Å². The van der Waals surface area contributed by atoms with Gasteiger partial charge in [-0.1, -0.05) is 22.0 Å². The summed E-state index contributed by atoms with van der Waals surface area (Å²) in [6.45, 7) is 1.18. The normalized spacial score (nSPS) is 15.4. The molecule has 0 saturated heterocycles. The molecule has 1 aliphatic rings. The first kappa shape index (κ1) is 12.0. The van der Waals surface area contributed by atoms with E-state index in [4.69, 9.17) is 15.2 Å². The van der Waals surface area contributed by atoms with Crippen molar-refractivity contribution >= 4 is 27.3 Å². The van der Waals surface area contributed by atoms with Crippen LogP contribution >= 0.6 is 27.3 Å². The summed E-state index contributed by atoms with van der Waals surface area (Å²) in [5.41, 5.74) is 7.29. The van der Waals surface area contributed by atoms with Gasteiger partial charge >= 0.3 is 0 Å². The van der Waals surface area contributed by atoms with Crippen LogP contribution in [0, 0.1) is 0 Å². The van der Waals surface area contributed by atoms with E-state index in [1.54, 1.807) is 11.3 Å². The topological polar surface area (TPSA) is 44.5 Å². The third kappa shape index (κ3) is 2.13. The fraction of sp³-hybridized carbons (Fsp3) is 0.231. The fourth-order valence-corrected chi connectivity index (χ4v) is 3.25. The zero-order valence-corrected chi connectivity index (χ0v) is 12.0. The van der Waals surface area contributed by atoms with Gasteiger partial charge < -0.3 is 15.2 Å². The Morgan fingerprint density at radius 3 is 2.61 bits per heavy atom. The van der Waals surface area contributed by atoms with E-state index in [0.717, 1.165) is 26.4 Å². The van der Waals surface area contributed by atoms with Crippen molar-refractivity contribution in [2.75, 3.05) is 13.2 Å². The van der Waals surface area contributed by atoms with Gasteiger partial charge in [0.1, 0.15) is 13.2 Å². The van der Waals surface area contributed by atoms with Crippen LogP contribution in [-0.4, -0.2) is 13.2 Å². The predicted octanol–water partition coefficient (Wildman–Crippen LogP) is 3.33. The quantitative estimate of drug-likeness (QED) is 0.921. The molecule has 2 heterocycles. The minimum Gasteiger partial charge on any atom is -0.486 e. The van der Waals surface area contributed by atoms with E-state index in [1.807, 2.05) is 29.6 Å². The van der Waals surface area contributed by atoms with Gasteiger partial charge in [-0.15, -0.1) is 11.3 Å². The summed E-state index contributed by atoms with van der Waals surface area (Å²) in [6.07, 6.45) is 0. The van der Waals surface area contributed by atoms with Crippen LogP contribution in [0.1, 0.15) is 16.5 Å². The number of hydrogen-bond acceptors (Lipinski definition) is 4. The number of rotatable bonds is 2. The van der Waals surface area contributed by atoms with Crippen molar-refractivity contribution in [3.05, 3.63) is 44.6 Å². The summed E-state index contributed by atoms with van der Waals surface area (Å²) in [4.78, 5) is 1.13. The lowest BCUT2D eigenvalue weighted by molar-refractivity contribution is 0.171. The Labute approximate surface area is 118 Å². The number of thiophene rings is 1. The van der Waals surface area contributed by atoms with Crippen LogP contribution in [0.3, 0.4) is 0 Å². The number of hydrogen-bond donors (Lipinski definition) is 1. The third-order valence-corrected chi connectivity index (χ3v) is 4.49. The van der Waals surface area contributed by atoms with Crippen LogP contribution in [0.25, 0.3) is 0 Å². The molecule has 2 aromatic rings. The first-order valence-corrected chi connectivity index (χ1v) is 7.31. The second kappa shape index (κ2) is 4.91. The smallest absolute Gasteiger partial charge is 0.162 e. The molecule has 1 aliphatic heterocycles. The van der Waals surface area contributed by atoms with Gasteiger partial charge in [-0.3, -0.25) is 0 Å². The van der Waals surface area contributed by atoms with Crippen molar-refractivity contribution in [1.29, 1.82) is 0 Å².